The zero-order valence-corrected chi connectivity index (χ0v) is 14.9. The minimum Gasteiger partial charge on any atom is -0.507 e. The first-order valence-corrected chi connectivity index (χ1v) is 8.91. The molecule has 0 spiro atoms. The van der Waals surface area contributed by atoms with E-state index >= 15 is 0 Å². The van der Waals surface area contributed by atoms with E-state index in [-0.39, 0.29) is 5.75 Å². The van der Waals surface area contributed by atoms with Crippen LogP contribution in [0.3, 0.4) is 0 Å². The molecule has 1 aromatic heterocycles. The Morgan fingerprint density at radius 3 is 2.50 bits per heavy atom. The Balaban J connectivity index is 1.90. The number of aromatic hydroxyl groups is 1. The number of hydrogen-bond donors (Lipinski definition) is 1. The normalized spacial score (nSPS) is 12.1. The van der Waals surface area contributed by atoms with Crippen molar-refractivity contribution in [3.63, 3.8) is 0 Å². The minimum absolute atomic E-state index is 0.161. The summed E-state index contributed by atoms with van der Waals surface area (Å²) in [6.07, 6.45) is 0.735. The summed E-state index contributed by atoms with van der Waals surface area (Å²) in [6, 6.07) is 15.1. The average molecular weight is 347 g/mol. The zero-order chi connectivity index (χ0) is 18.1. The summed E-state index contributed by atoms with van der Waals surface area (Å²) in [5.74, 6) is 2.90. The molecular formula is C21H21N3O2. The Bertz CT molecular complexity index is 952. The molecule has 0 saturated heterocycles. The highest BCUT2D eigenvalue weighted by atomic mass is 16.5. The second kappa shape index (κ2) is 6.67. The number of aromatic nitrogens is 2. The standard InChI is InChI=1S/C21H21N3O2/c1-3-24(4-2)20-16-13-14-9-5-8-12-18(14)26-21(16)23-19(22-20)15-10-6-7-11-17(15)25/h5-12,25H,3-4,13H2,1-2H3. The van der Waals surface area contributed by atoms with Gasteiger partial charge in [-0.15, -0.1) is 0 Å². The first-order valence-electron chi connectivity index (χ1n) is 8.91. The maximum Gasteiger partial charge on any atom is 0.228 e. The Morgan fingerprint density at radius 1 is 1.00 bits per heavy atom. The molecule has 4 rings (SSSR count). The third-order valence-electron chi connectivity index (χ3n) is 4.70. The lowest BCUT2D eigenvalue weighted by Crippen LogP contribution is -2.26. The van der Waals surface area contributed by atoms with Crippen LogP contribution in [0.1, 0.15) is 25.0 Å². The fourth-order valence-corrected chi connectivity index (χ4v) is 3.30. The fraction of sp³-hybridized carbons (Fsp3) is 0.238. The molecule has 0 aliphatic carbocycles. The van der Waals surface area contributed by atoms with Gasteiger partial charge in [-0.25, -0.2) is 4.98 Å². The number of phenols is 1. The van der Waals surface area contributed by atoms with Crippen molar-refractivity contribution in [1.82, 2.24) is 9.97 Å². The van der Waals surface area contributed by atoms with Gasteiger partial charge in [-0.2, -0.15) is 4.98 Å². The number of rotatable bonds is 4. The average Bonchev–Trinajstić information content (AvgIpc) is 2.67. The van der Waals surface area contributed by atoms with Crippen molar-refractivity contribution in [2.24, 2.45) is 0 Å². The highest BCUT2D eigenvalue weighted by Gasteiger charge is 2.26. The molecule has 5 nitrogen and oxygen atoms in total. The summed E-state index contributed by atoms with van der Waals surface area (Å²) in [4.78, 5) is 11.6. The van der Waals surface area contributed by atoms with Crippen molar-refractivity contribution in [2.45, 2.75) is 20.3 Å². The second-order valence-electron chi connectivity index (χ2n) is 6.23. The molecule has 0 radical (unpaired) electrons. The monoisotopic (exact) mass is 347 g/mol. The highest BCUT2D eigenvalue weighted by molar-refractivity contribution is 5.68. The van der Waals surface area contributed by atoms with Gasteiger partial charge in [0.2, 0.25) is 5.88 Å². The van der Waals surface area contributed by atoms with Crippen molar-refractivity contribution in [1.29, 1.82) is 0 Å². The van der Waals surface area contributed by atoms with Crippen LogP contribution in [-0.2, 0) is 6.42 Å². The number of para-hydroxylation sites is 2. The number of anilines is 1. The van der Waals surface area contributed by atoms with Crippen molar-refractivity contribution in [3.05, 3.63) is 59.7 Å². The van der Waals surface area contributed by atoms with E-state index in [4.69, 9.17) is 9.72 Å². The molecule has 0 unspecified atom stereocenters. The Kier molecular flexibility index (Phi) is 4.21. The van der Waals surface area contributed by atoms with Crippen LogP contribution in [0.25, 0.3) is 11.4 Å². The van der Waals surface area contributed by atoms with Gasteiger partial charge in [-0.3, -0.25) is 0 Å². The van der Waals surface area contributed by atoms with Crippen LogP contribution < -0.4 is 9.64 Å². The highest BCUT2D eigenvalue weighted by Crippen LogP contribution is 2.41. The SMILES string of the molecule is CCN(CC)c1nc(-c2ccccc2O)nc2c1Cc1ccccc1O2. The Labute approximate surface area is 152 Å². The van der Waals surface area contributed by atoms with E-state index in [0.717, 1.165) is 42.2 Å². The van der Waals surface area contributed by atoms with Crippen LogP contribution in [0.2, 0.25) is 0 Å². The number of fused-ring (bicyclic) bond motifs is 2. The molecule has 1 aliphatic heterocycles. The summed E-state index contributed by atoms with van der Waals surface area (Å²) >= 11 is 0. The van der Waals surface area contributed by atoms with Gasteiger partial charge >= 0.3 is 0 Å². The van der Waals surface area contributed by atoms with E-state index in [1.54, 1.807) is 12.1 Å². The molecular weight excluding hydrogens is 326 g/mol. The Morgan fingerprint density at radius 2 is 1.73 bits per heavy atom. The van der Waals surface area contributed by atoms with Crippen molar-refractivity contribution in [2.75, 3.05) is 18.0 Å². The smallest absolute Gasteiger partial charge is 0.228 e. The minimum atomic E-state index is 0.161. The molecule has 2 aromatic carbocycles. The van der Waals surface area contributed by atoms with E-state index in [2.05, 4.69) is 29.8 Å². The molecule has 0 bridgehead atoms. The number of nitrogens with zero attached hydrogens (tertiary/aromatic N) is 3. The van der Waals surface area contributed by atoms with Gasteiger partial charge in [0, 0.05) is 19.5 Å². The van der Waals surface area contributed by atoms with E-state index in [1.807, 2.05) is 30.3 Å². The molecule has 132 valence electrons. The first kappa shape index (κ1) is 16.4. The van der Waals surface area contributed by atoms with Crippen LogP contribution in [-0.4, -0.2) is 28.2 Å². The van der Waals surface area contributed by atoms with Crippen LogP contribution >= 0.6 is 0 Å². The van der Waals surface area contributed by atoms with Gasteiger partial charge < -0.3 is 14.7 Å². The molecule has 0 fully saturated rings. The van der Waals surface area contributed by atoms with E-state index in [9.17, 15) is 5.11 Å². The van der Waals surface area contributed by atoms with Gasteiger partial charge in [0.1, 0.15) is 17.3 Å². The third-order valence-corrected chi connectivity index (χ3v) is 4.70. The van der Waals surface area contributed by atoms with Crippen LogP contribution in [0.4, 0.5) is 5.82 Å². The third kappa shape index (κ3) is 2.75. The van der Waals surface area contributed by atoms with Crippen molar-refractivity contribution in [3.8, 4) is 28.8 Å². The number of ether oxygens (including phenoxy) is 1. The maximum atomic E-state index is 10.2. The van der Waals surface area contributed by atoms with E-state index < -0.39 is 0 Å². The fourth-order valence-electron chi connectivity index (χ4n) is 3.30. The lowest BCUT2D eigenvalue weighted by molar-refractivity contribution is 0.439. The predicted octanol–water partition coefficient (Wildman–Crippen LogP) is 4.39. The van der Waals surface area contributed by atoms with Gasteiger partial charge in [-0.1, -0.05) is 30.3 Å². The number of benzene rings is 2. The predicted molar refractivity (Wildman–Crippen MR) is 102 cm³/mol. The lowest BCUT2D eigenvalue weighted by atomic mass is 10.0. The molecule has 1 aliphatic rings. The molecule has 26 heavy (non-hydrogen) atoms. The van der Waals surface area contributed by atoms with E-state index in [1.165, 1.54) is 0 Å². The lowest BCUT2D eigenvalue weighted by Gasteiger charge is -2.27. The van der Waals surface area contributed by atoms with Crippen molar-refractivity contribution < 1.29 is 9.84 Å². The zero-order valence-electron chi connectivity index (χ0n) is 14.9. The second-order valence-corrected chi connectivity index (χ2v) is 6.23. The topological polar surface area (TPSA) is 58.5 Å². The van der Waals surface area contributed by atoms with Crippen LogP contribution in [0.5, 0.6) is 17.4 Å². The molecule has 5 heteroatoms. The van der Waals surface area contributed by atoms with Gasteiger partial charge in [0.25, 0.3) is 0 Å². The summed E-state index contributed by atoms with van der Waals surface area (Å²) in [5, 5.41) is 10.2. The van der Waals surface area contributed by atoms with Crippen LogP contribution in [0.15, 0.2) is 48.5 Å². The largest absolute Gasteiger partial charge is 0.507 e. The molecule has 1 N–H and O–H groups in total. The number of phenolic OH excluding ortho intramolecular Hbond substituents is 1. The molecule has 0 amide bonds. The molecule has 2 heterocycles. The molecule has 0 saturated carbocycles. The maximum absolute atomic E-state index is 10.2. The Hall–Kier alpha value is -3.08. The summed E-state index contributed by atoms with van der Waals surface area (Å²) in [6.45, 7) is 5.88. The van der Waals surface area contributed by atoms with E-state index in [0.29, 0.717) is 17.3 Å². The molecule has 0 atom stereocenters. The van der Waals surface area contributed by atoms with Crippen molar-refractivity contribution >= 4 is 5.82 Å². The van der Waals surface area contributed by atoms with Gasteiger partial charge in [0.15, 0.2) is 5.82 Å². The summed E-state index contributed by atoms with van der Waals surface area (Å²) in [7, 11) is 0. The summed E-state index contributed by atoms with van der Waals surface area (Å²) in [5.41, 5.74) is 2.73. The first-order chi connectivity index (χ1) is 12.7. The van der Waals surface area contributed by atoms with Crippen LogP contribution in [0, 0.1) is 0 Å². The molecule has 3 aromatic rings. The quantitative estimate of drug-likeness (QED) is 0.593. The summed E-state index contributed by atoms with van der Waals surface area (Å²) < 4.78 is 6.10. The number of hydrogen-bond acceptors (Lipinski definition) is 5. The van der Waals surface area contributed by atoms with Gasteiger partial charge in [0.05, 0.1) is 11.1 Å². The van der Waals surface area contributed by atoms with Gasteiger partial charge in [-0.05, 0) is 37.6 Å².